The van der Waals surface area contributed by atoms with Gasteiger partial charge >= 0.3 is 12.1 Å². The highest BCUT2D eigenvalue weighted by atomic mass is 32.2. The Hall–Kier alpha value is -0.910. The van der Waals surface area contributed by atoms with E-state index in [9.17, 15) is 9.59 Å². The van der Waals surface area contributed by atoms with Gasteiger partial charge in [-0.2, -0.15) is 11.8 Å². The molecule has 2 atom stereocenters. The minimum atomic E-state index is -0.902. The number of nitrogens with one attached hydrogen (secondary N) is 1. The van der Waals surface area contributed by atoms with Gasteiger partial charge in [0.25, 0.3) is 0 Å². The topological polar surface area (TPSA) is 75.6 Å². The number of hydrogen-bond acceptors (Lipinski definition) is 4. The minimum absolute atomic E-state index is 0.0690. The number of aliphatic carboxylic acids is 1. The molecule has 0 spiro atoms. The molecule has 1 saturated heterocycles. The van der Waals surface area contributed by atoms with Gasteiger partial charge in [0.2, 0.25) is 0 Å². The van der Waals surface area contributed by atoms with Crippen LogP contribution in [0.25, 0.3) is 0 Å². The minimum Gasteiger partial charge on any atom is -0.481 e. The number of carbonyl (C=O) groups excluding carboxylic acids is 1. The van der Waals surface area contributed by atoms with Crippen LogP contribution in [-0.4, -0.2) is 39.3 Å². The average molecular weight is 275 g/mol. The van der Waals surface area contributed by atoms with Gasteiger partial charge in [-0.15, -0.1) is 0 Å². The number of alkyl carbamates (subject to hydrolysis) is 1. The van der Waals surface area contributed by atoms with E-state index in [4.69, 9.17) is 9.84 Å². The van der Waals surface area contributed by atoms with Crippen molar-refractivity contribution in [3.8, 4) is 0 Å². The van der Waals surface area contributed by atoms with Crippen molar-refractivity contribution in [2.24, 2.45) is 0 Å². The number of carboxylic acids is 1. The maximum atomic E-state index is 11.8. The SMILES string of the molecule is CC1SCCC1(CC(=O)O)NC(=O)OC(C)(C)C. The van der Waals surface area contributed by atoms with Crippen LogP contribution in [0.15, 0.2) is 0 Å². The molecule has 2 N–H and O–H groups in total. The van der Waals surface area contributed by atoms with Crippen molar-refractivity contribution in [1.29, 1.82) is 0 Å². The van der Waals surface area contributed by atoms with Gasteiger partial charge in [-0.25, -0.2) is 4.79 Å². The average Bonchev–Trinajstić information content (AvgIpc) is 2.42. The van der Waals surface area contributed by atoms with Gasteiger partial charge in [-0.05, 0) is 32.9 Å². The second-order valence-electron chi connectivity index (χ2n) is 5.62. The van der Waals surface area contributed by atoms with E-state index in [-0.39, 0.29) is 11.7 Å². The highest BCUT2D eigenvalue weighted by Crippen LogP contribution is 2.38. The molecule has 104 valence electrons. The lowest BCUT2D eigenvalue weighted by molar-refractivity contribution is -0.138. The normalized spacial score (nSPS) is 27.9. The summed E-state index contributed by atoms with van der Waals surface area (Å²) in [7, 11) is 0. The molecular weight excluding hydrogens is 254 g/mol. The van der Waals surface area contributed by atoms with E-state index in [1.165, 1.54) is 0 Å². The first-order chi connectivity index (χ1) is 8.15. The summed E-state index contributed by atoms with van der Waals surface area (Å²) in [6.45, 7) is 7.29. The summed E-state index contributed by atoms with van der Waals surface area (Å²) in [5.74, 6) is -0.0510. The Morgan fingerprint density at radius 1 is 1.50 bits per heavy atom. The van der Waals surface area contributed by atoms with Gasteiger partial charge in [0.05, 0.1) is 12.0 Å². The van der Waals surface area contributed by atoms with Gasteiger partial charge in [-0.1, -0.05) is 6.92 Å². The molecule has 1 amide bonds. The second-order valence-corrected chi connectivity index (χ2v) is 7.07. The third kappa shape index (κ3) is 4.08. The molecule has 1 heterocycles. The highest BCUT2D eigenvalue weighted by Gasteiger charge is 2.44. The smallest absolute Gasteiger partial charge is 0.408 e. The molecule has 0 aromatic rings. The molecule has 1 rings (SSSR count). The summed E-state index contributed by atoms with van der Waals surface area (Å²) < 4.78 is 5.20. The summed E-state index contributed by atoms with van der Waals surface area (Å²) in [4.78, 5) is 22.8. The van der Waals surface area contributed by atoms with E-state index in [1.54, 1.807) is 32.5 Å². The molecule has 0 saturated carbocycles. The van der Waals surface area contributed by atoms with Crippen LogP contribution >= 0.6 is 11.8 Å². The number of carboxylic acid groups (broad SMARTS) is 1. The van der Waals surface area contributed by atoms with E-state index in [0.29, 0.717) is 6.42 Å². The van der Waals surface area contributed by atoms with E-state index < -0.39 is 23.2 Å². The zero-order chi connectivity index (χ0) is 14.0. The van der Waals surface area contributed by atoms with Gasteiger partial charge in [-0.3, -0.25) is 4.79 Å². The molecule has 1 aliphatic rings. The predicted octanol–water partition coefficient (Wildman–Crippen LogP) is 2.25. The fraction of sp³-hybridized carbons (Fsp3) is 0.833. The maximum Gasteiger partial charge on any atom is 0.408 e. The molecule has 5 nitrogen and oxygen atoms in total. The Labute approximate surface area is 112 Å². The first kappa shape index (κ1) is 15.1. The van der Waals surface area contributed by atoms with E-state index in [0.717, 1.165) is 5.75 Å². The van der Waals surface area contributed by atoms with Crippen molar-refractivity contribution in [2.75, 3.05) is 5.75 Å². The van der Waals surface area contributed by atoms with Crippen LogP contribution < -0.4 is 5.32 Å². The molecule has 1 fully saturated rings. The van der Waals surface area contributed by atoms with Gasteiger partial charge in [0, 0.05) is 5.25 Å². The second kappa shape index (κ2) is 5.38. The number of hydrogen-bond donors (Lipinski definition) is 2. The Morgan fingerprint density at radius 3 is 2.50 bits per heavy atom. The predicted molar refractivity (Wildman–Crippen MR) is 70.9 cm³/mol. The zero-order valence-electron chi connectivity index (χ0n) is 11.3. The lowest BCUT2D eigenvalue weighted by Gasteiger charge is -2.33. The summed E-state index contributed by atoms with van der Waals surface area (Å²) >= 11 is 1.67. The molecule has 0 aromatic heterocycles. The lowest BCUT2D eigenvalue weighted by atomic mass is 9.89. The monoisotopic (exact) mass is 275 g/mol. The van der Waals surface area contributed by atoms with E-state index in [2.05, 4.69) is 5.32 Å². The van der Waals surface area contributed by atoms with Crippen LogP contribution in [0.5, 0.6) is 0 Å². The Kier molecular flexibility index (Phi) is 4.53. The number of amides is 1. The fourth-order valence-corrected chi connectivity index (χ4v) is 3.41. The van der Waals surface area contributed by atoms with Crippen molar-refractivity contribution in [2.45, 2.75) is 56.9 Å². The quantitative estimate of drug-likeness (QED) is 0.826. The van der Waals surface area contributed by atoms with Crippen molar-refractivity contribution in [1.82, 2.24) is 5.32 Å². The lowest BCUT2D eigenvalue weighted by Crippen LogP contribution is -2.54. The van der Waals surface area contributed by atoms with Crippen LogP contribution in [0.3, 0.4) is 0 Å². The molecule has 0 aliphatic carbocycles. The molecular formula is C12H21NO4S. The molecule has 0 aromatic carbocycles. The third-order valence-electron chi connectivity index (χ3n) is 2.91. The van der Waals surface area contributed by atoms with Crippen molar-refractivity contribution in [3.05, 3.63) is 0 Å². The number of thioether (sulfide) groups is 1. The van der Waals surface area contributed by atoms with Crippen LogP contribution in [0.2, 0.25) is 0 Å². The Balaban J connectivity index is 2.74. The van der Waals surface area contributed by atoms with Crippen LogP contribution in [0.1, 0.15) is 40.5 Å². The Morgan fingerprint density at radius 2 is 2.11 bits per heavy atom. The Bertz CT molecular complexity index is 339. The fourth-order valence-electron chi connectivity index (χ4n) is 2.00. The van der Waals surface area contributed by atoms with Gasteiger partial charge in [0.1, 0.15) is 5.60 Å². The first-order valence-corrected chi connectivity index (χ1v) is 7.04. The van der Waals surface area contributed by atoms with Crippen molar-refractivity contribution < 1.29 is 19.4 Å². The standard InChI is InChI=1S/C12H21NO4S/c1-8-12(5-6-18-8,7-9(14)15)13-10(16)17-11(2,3)4/h8H,5-7H2,1-4H3,(H,13,16)(H,14,15). The molecule has 1 aliphatic heterocycles. The van der Waals surface area contributed by atoms with Crippen LogP contribution in [0.4, 0.5) is 4.79 Å². The molecule has 0 bridgehead atoms. The molecule has 2 unspecified atom stereocenters. The third-order valence-corrected chi connectivity index (χ3v) is 4.30. The summed E-state index contributed by atoms with van der Waals surface area (Å²) in [5.41, 5.74) is -1.28. The van der Waals surface area contributed by atoms with Crippen molar-refractivity contribution >= 4 is 23.8 Å². The summed E-state index contributed by atoms with van der Waals surface area (Å²) in [6, 6.07) is 0. The zero-order valence-corrected chi connectivity index (χ0v) is 12.1. The highest BCUT2D eigenvalue weighted by molar-refractivity contribution is 8.00. The summed E-state index contributed by atoms with van der Waals surface area (Å²) in [6.07, 6.45) is 0.0447. The van der Waals surface area contributed by atoms with E-state index >= 15 is 0 Å². The van der Waals surface area contributed by atoms with Crippen LogP contribution in [0, 0.1) is 0 Å². The number of rotatable bonds is 3. The molecule has 0 radical (unpaired) electrons. The van der Waals surface area contributed by atoms with Gasteiger partial charge < -0.3 is 15.2 Å². The van der Waals surface area contributed by atoms with Crippen LogP contribution in [-0.2, 0) is 9.53 Å². The summed E-state index contributed by atoms with van der Waals surface area (Å²) in [5, 5.41) is 11.8. The number of carbonyl (C=O) groups is 2. The van der Waals surface area contributed by atoms with Crippen molar-refractivity contribution in [3.63, 3.8) is 0 Å². The van der Waals surface area contributed by atoms with Gasteiger partial charge in [0.15, 0.2) is 0 Å². The molecule has 18 heavy (non-hydrogen) atoms. The van der Waals surface area contributed by atoms with E-state index in [1.807, 2.05) is 6.92 Å². The first-order valence-electron chi connectivity index (χ1n) is 5.99. The maximum absolute atomic E-state index is 11.8. The number of ether oxygens (including phenoxy) is 1. The largest absolute Gasteiger partial charge is 0.481 e. The molecule has 6 heteroatoms.